The van der Waals surface area contributed by atoms with Gasteiger partial charge >= 0.3 is 0 Å². The van der Waals surface area contributed by atoms with Crippen molar-refractivity contribution >= 4 is 11.6 Å². The van der Waals surface area contributed by atoms with Crippen LogP contribution in [0.25, 0.3) is 0 Å². The molecule has 0 spiro atoms. The highest BCUT2D eigenvalue weighted by Crippen LogP contribution is 2.26. The van der Waals surface area contributed by atoms with Crippen LogP contribution in [0.2, 0.25) is 0 Å². The molecule has 3 N–H and O–H groups in total. The van der Waals surface area contributed by atoms with E-state index in [2.05, 4.69) is 10.9 Å². The molecule has 0 saturated heterocycles. The Hall–Kier alpha value is -1.55. The zero-order valence-electron chi connectivity index (χ0n) is 10.4. The predicted molar refractivity (Wildman–Crippen MR) is 70.8 cm³/mol. The Kier molecular flexibility index (Phi) is 4.59. The molecule has 0 unspecified atom stereocenters. The molecule has 2 rings (SSSR count). The molecule has 0 aromatic heterocycles. The minimum Gasteiger partial charge on any atom is -0.383 e. The summed E-state index contributed by atoms with van der Waals surface area (Å²) in [4.78, 5) is 11.8. The average Bonchev–Trinajstić information content (AvgIpc) is 2.46. The molecule has 1 atom stereocenters. The Morgan fingerprint density at radius 3 is 2.50 bits per heavy atom. The van der Waals surface area contributed by atoms with Gasteiger partial charge in [0.05, 0.1) is 5.69 Å². The number of carbonyl (C=O) groups is 1. The zero-order chi connectivity index (χ0) is 12.8. The van der Waals surface area contributed by atoms with Gasteiger partial charge in [0.15, 0.2) is 0 Å². The number of anilines is 1. The minimum absolute atomic E-state index is 0.108. The van der Waals surface area contributed by atoms with E-state index in [-0.39, 0.29) is 11.8 Å². The van der Waals surface area contributed by atoms with E-state index in [1.807, 2.05) is 30.3 Å². The number of aliphatic hydroxyl groups excluding tert-OH is 1. The number of amides is 1. The molecule has 1 fully saturated rings. The molecule has 0 bridgehead atoms. The van der Waals surface area contributed by atoms with E-state index >= 15 is 0 Å². The molecule has 98 valence electrons. The van der Waals surface area contributed by atoms with Gasteiger partial charge in [-0.25, -0.2) is 0 Å². The maximum Gasteiger partial charge on any atom is 0.267 e. The zero-order valence-corrected chi connectivity index (χ0v) is 10.4. The summed E-state index contributed by atoms with van der Waals surface area (Å²) in [6.45, 7) is 0. The molecule has 4 nitrogen and oxygen atoms in total. The number of para-hydroxylation sites is 1. The van der Waals surface area contributed by atoms with Crippen LogP contribution in [-0.4, -0.2) is 17.1 Å². The highest BCUT2D eigenvalue weighted by molar-refractivity contribution is 5.82. The maximum atomic E-state index is 11.8. The number of nitrogens with one attached hydrogen (secondary N) is 2. The van der Waals surface area contributed by atoms with Crippen LogP contribution in [-0.2, 0) is 4.79 Å². The van der Waals surface area contributed by atoms with Crippen LogP contribution >= 0.6 is 0 Å². The predicted octanol–water partition coefficient (Wildman–Crippen LogP) is 2.07. The molecular weight excluding hydrogens is 228 g/mol. The number of hydrogen-bond acceptors (Lipinski definition) is 3. The lowest BCUT2D eigenvalue weighted by Crippen LogP contribution is -2.42. The smallest absolute Gasteiger partial charge is 0.267 e. The van der Waals surface area contributed by atoms with Crippen LogP contribution < -0.4 is 10.9 Å². The number of hydrazine groups is 1. The first-order valence-electron chi connectivity index (χ1n) is 6.56. The van der Waals surface area contributed by atoms with E-state index in [0.717, 1.165) is 31.4 Å². The van der Waals surface area contributed by atoms with Gasteiger partial charge in [0.25, 0.3) is 5.91 Å². The second kappa shape index (κ2) is 6.40. The SMILES string of the molecule is O=C(NNc1ccccc1)[C@H](O)C1CCCCC1. The number of hydrogen-bond donors (Lipinski definition) is 3. The molecule has 4 heteroatoms. The summed E-state index contributed by atoms with van der Waals surface area (Å²) >= 11 is 0. The highest BCUT2D eigenvalue weighted by atomic mass is 16.3. The quantitative estimate of drug-likeness (QED) is 0.715. The van der Waals surface area contributed by atoms with Crippen molar-refractivity contribution in [3.63, 3.8) is 0 Å². The van der Waals surface area contributed by atoms with E-state index in [1.54, 1.807) is 0 Å². The molecule has 1 aliphatic rings. The summed E-state index contributed by atoms with van der Waals surface area (Å²) in [6, 6.07) is 9.38. The molecule has 1 aliphatic carbocycles. The van der Waals surface area contributed by atoms with Gasteiger partial charge in [-0.1, -0.05) is 37.5 Å². The Labute approximate surface area is 107 Å². The Morgan fingerprint density at radius 1 is 1.17 bits per heavy atom. The number of aliphatic hydroxyl groups is 1. The van der Waals surface area contributed by atoms with Gasteiger partial charge < -0.3 is 5.11 Å². The van der Waals surface area contributed by atoms with Gasteiger partial charge in [-0.2, -0.15) is 0 Å². The molecule has 1 aromatic rings. The molecular formula is C14H20N2O2. The highest BCUT2D eigenvalue weighted by Gasteiger charge is 2.27. The van der Waals surface area contributed by atoms with Crippen LogP contribution in [0.15, 0.2) is 30.3 Å². The monoisotopic (exact) mass is 248 g/mol. The van der Waals surface area contributed by atoms with E-state index in [9.17, 15) is 9.90 Å². The van der Waals surface area contributed by atoms with E-state index in [1.165, 1.54) is 6.42 Å². The molecule has 1 aromatic carbocycles. The number of carbonyl (C=O) groups excluding carboxylic acids is 1. The second-order valence-corrected chi connectivity index (χ2v) is 4.82. The fourth-order valence-corrected chi connectivity index (χ4v) is 2.39. The van der Waals surface area contributed by atoms with Gasteiger partial charge in [0, 0.05) is 0 Å². The van der Waals surface area contributed by atoms with Crippen molar-refractivity contribution in [1.29, 1.82) is 0 Å². The fourth-order valence-electron chi connectivity index (χ4n) is 2.39. The Bertz CT molecular complexity index is 375. The lowest BCUT2D eigenvalue weighted by Gasteiger charge is -2.25. The standard InChI is InChI=1S/C14H20N2O2/c17-13(11-7-3-1-4-8-11)14(18)16-15-12-9-5-2-6-10-12/h2,5-6,9-11,13,15,17H,1,3-4,7-8H2,(H,16,18)/t13-/m1/s1. The van der Waals surface area contributed by atoms with Crippen molar-refractivity contribution in [2.45, 2.75) is 38.2 Å². The van der Waals surface area contributed by atoms with Crippen molar-refractivity contribution < 1.29 is 9.90 Å². The van der Waals surface area contributed by atoms with Crippen LogP contribution in [0.3, 0.4) is 0 Å². The third-order valence-corrected chi connectivity index (χ3v) is 3.47. The third kappa shape index (κ3) is 3.47. The molecule has 0 heterocycles. The molecule has 0 aliphatic heterocycles. The van der Waals surface area contributed by atoms with Crippen molar-refractivity contribution in [1.82, 2.24) is 5.43 Å². The van der Waals surface area contributed by atoms with Crippen molar-refractivity contribution in [2.24, 2.45) is 5.92 Å². The first-order chi connectivity index (χ1) is 8.77. The number of benzene rings is 1. The lowest BCUT2D eigenvalue weighted by molar-refractivity contribution is -0.132. The van der Waals surface area contributed by atoms with Crippen molar-refractivity contribution in [3.05, 3.63) is 30.3 Å². The first kappa shape index (κ1) is 12.9. The van der Waals surface area contributed by atoms with Crippen molar-refractivity contribution in [3.8, 4) is 0 Å². The summed E-state index contributed by atoms with van der Waals surface area (Å²) < 4.78 is 0. The maximum absolute atomic E-state index is 11.8. The lowest BCUT2D eigenvalue weighted by atomic mass is 9.85. The summed E-state index contributed by atoms with van der Waals surface area (Å²) in [5.74, 6) is -0.234. The summed E-state index contributed by atoms with van der Waals surface area (Å²) in [5.41, 5.74) is 6.17. The largest absolute Gasteiger partial charge is 0.383 e. The summed E-state index contributed by atoms with van der Waals surface area (Å²) in [5, 5.41) is 9.97. The van der Waals surface area contributed by atoms with E-state index in [0.29, 0.717) is 0 Å². The third-order valence-electron chi connectivity index (χ3n) is 3.47. The van der Waals surface area contributed by atoms with Crippen LogP contribution in [0.1, 0.15) is 32.1 Å². The second-order valence-electron chi connectivity index (χ2n) is 4.82. The van der Waals surface area contributed by atoms with Crippen LogP contribution in [0.4, 0.5) is 5.69 Å². The van der Waals surface area contributed by atoms with Crippen molar-refractivity contribution in [2.75, 3.05) is 5.43 Å². The van der Waals surface area contributed by atoms with Gasteiger partial charge in [0.1, 0.15) is 6.10 Å². The molecule has 1 saturated carbocycles. The summed E-state index contributed by atoms with van der Waals surface area (Å²) in [6.07, 6.45) is 4.43. The Balaban J connectivity index is 1.80. The van der Waals surface area contributed by atoms with E-state index < -0.39 is 6.10 Å². The average molecular weight is 248 g/mol. The fraction of sp³-hybridized carbons (Fsp3) is 0.500. The van der Waals surface area contributed by atoms with Gasteiger partial charge in [-0.15, -0.1) is 0 Å². The van der Waals surface area contributed by atoms with Gasteiger partial charge in [-0.05, 0) is 30.9 Å². The minimum atomic E-state index is -0.901. The van der Waals surface area contributed by atoms with E-state index in [4.69, 9.17) is 0 Å². The molecule has 1 amide bonds. The van der Waals surface area contributed by atoms with Gasteiger partial charge in [-0.3, -0.25) is 15.6 Å². The summed E-state index contributed by atoms with van der Waals surface area (Å²) in [7, 11) is 0. The molecule has 18 heavy (non-hydrogen) atoms. The van der Waals surface area contributed by atoms with Crippen LogP contribution in [0.5, 0.6) is 0 Å². The Morgan fingerprint density at radius 2 is 1.83 bits per heavy atom. The topological polar surface area (TPSA) is 61.4 Å². The van der Waals surface area contributed by atoms with Gasteiger partial charge in [0.2, 0.25) is 0 Å². The van der Waals surface area contributed by atoms with Crippen LogP contribution in [0, 0.1) is 5.92 Å². The number of rotatable bonds is 4. The normalized spacial score (nSPS) is 18.1. The first-order valence-corrected chi connectivity index (χ1v) is 6.56. The molecule has 0 radical (unpaired) electrons.